The van der Waals surface area contributed by atoms with Crippen LogP contribution >= 0.6 is 0 Å². The predicted octanol–water partition coefficient (Wildman–Crippen LogP) is 5.22. The molecule has 0 heterocycles. The summed E-state index contributed by atoms with van der Waals surface area (Å²) in [4.78, 5) is 15.0. The monoisotopic (exact) mass is 485 g/mol. The molecular weight excluding hydrogens is 446 g/mol. The number of carbonyl (C=O) groups is 1. The van der Waals surface area contributed by atoms with E-state index in [0.717, 1.165) is 11.1 Å². The second-order valence-electron chi connectivity index (χ2n) is 10.9. The molecule has 4 rings (SSSR count). The number of rotatable bonds is 11. The standard InChI is InChI=1S/C32H39NO3/c1-31(36,21-26-11-5-2-6-12-26)19-20-33(24-28-15-9-4-10-16-28)25-32(22-27-13-7-3-8-14-27)23-29(34)17-18-30(32)35/h2-16,30,35-36H,17-25H2,1H3/t30?,31-,32?/m1/s1. The van der Waals surface area contributed by atoms with Crippen LogP contribution in [0.3, 0.4) is 0 Å². The van der Waals surface area contributed by atoms with Gasteiger partial charge in [-0.25, -0.2) is 0 Å². The zero-order valence-corrected chi connectivity index (χ0v) is 21.4. The van der Waals surface area contributed by atoms with Crippen LogP contribution in [-0.2, 0) is 24.2 Å². The third-order valence-electron chi connectivity index (χ3n) is 7.53. The highest BCUT2D eigenvalue weighted by molar-refractivity contribution is 5.80. The number of benzene rings is 3. The molecule has 1 aliphatic rings. The maximum Gasteiger partial charge on any atom is 0.133 e. The molecule has 36 heavy (non-hydrogen) atoms. The van der Waals surface area contributed by atoms with E-state index in [4.69, 9.17) is 0 Å². The summed E-state index contributed by atoms with van der Waals surface area (Å²) in [6, 6.07) is 30.6. The summed E-state index contributed by atoms with van der Waals surface area (Å²) < 4.78 is 0. The van der Waals surface area contributed by atoms with Crippen LogP contribution in [0.2, 0.25) is 0 Å². The molecule has 2 N–H and O–H groups in total. The minimum absolute atomic E-state index is 0.229. The van der Waals surface area contributed by atoms with Crippen LogP contribution in [0.4, 0.5) is 0 Å². The Labute approximate surface area is 215 Å². The fraction of sp³-hybridized carbons (Fsp3) is 0.406. The second-order valence-corrected chi connectivity index (χ2v) is 10.9. The summed E-state index contributed by atoms with van der Waals surface area (Å²) in [5.41, 5.74) is 2.04. The van der Waals surface area contributed by atoms with Gasteiger partial charge in [-0.05, 0) is 42.9 Å². The van der Waals surface area contributed by atoms with E-state index in [-0.39, 0.29) is 5.78 Å². The van der Waals surface area contributed by atoms with Crippen LogP contribution < -0.4 is 0 Å². The van der Waals surface area contributed by atoms with E-state index in [2.05, 4.69) is 41.3 Å². The zero-order valence-electron chi connectivity index (χ0n) is 21.4. The van der Waals surface area contributed by atoms with Crippen molar-refractivity contribution in [2.24, 2.45) is 5.41 Å². The lowest BCUT2D eigenvalue weighted by molar-refractivity contribution is -0.131. The van der Waals surface area contributed by atoms with Gasteiger partial charge in [-0.2, -0.15) is 0 Å². The highest BCUT2D eigenvalue weighted by Gasteiger charge is 2.44. The second kappa shape index (κ2) is 12.0. The van der Waals surface area contributed by atoms with E-state index in [1.54, 1.807) is 0 Å². The molecule has 4 heteroatoms. The van der Waals surface area contributed by atoms with Gasteiger partial charge < -0.3 is 10.2 Å². The fourth-order valence-electron chi connectivity index (χ4n) is 5.63. The van der Waals surface area contributed by atoms with E-state index in [9.17, 15) is 15.0 Å². The number of hydrogen-bond acceptors (Lipinski definition) is 4. The summed E-state index contributed by atoms with van der Waals surface area (Å²) in [6.07, 6.45) is 2.64. The zero-order chi connectivity index (χ0) is 25.4. The third-order valence-corrected chi connectivity index (χ3v) is 7.53. The molecule has 3 aromatic carbocycles. The van der Waals surface area contributed by atoms with Crippen molar-refractivity contribution in [1.82, 2.24) is 4.90 Å². The van der Waals surface area contributed by atoms with Gasteiger partial charge in [0.05, 0.1) is 11.7 Å². The first-order valence-electron chi connectivity index (χ1n) is 13.1. The van der Waals surface area contributed by atoms with Crippen molar-refractivity contribution in [3.8, 4) is 0 Å². The molecule has 0 radical (unpaired) electrons. The summed E-state index contributed by atoms with van der Waals surface area (Å²) in [5, 5.41) is 22.6. The first kappa shape index (κ1) is 26.3. The van der Waals surface area contributed by atoms with Gasteiger partial charge in [0.15, 0.2) is 0 Å². The Hall–Kier alpha value is -2.79. The normalized spacial score (nSPS) is 21.9. The molecule has 0 amide bonds. The molecule has 0 aromatic heterocycles. The Morgan fingerprint density at radius 3 is 2.06 bits per heavy atom. The number of nitrogens with zero attached hydrogens (tertiary/aromatic N) is 1. The molecule has 2 unspecified atom stereocenters. The number of carbonyl (C=O) groups excluding carboxylic acids is 1. The molecule has 4 nitrogen and oxygen atoms in total. The minimum Gasteiger partial charge on any atom is -0.392 e. The molecule has 1 fully saturated rings. The van der Waals surface area contributed by atoms with Crippen molar-refractivity contribution in [1.29, 1.82) is 0 Å². The summed E-state index contributed by atoms with van der Waals surface area (Å²) in [5.74, 6) is 0.229. The van der Waals surface area contributed by atoms with Gasteiger partial charge in [0, 0.05) is 44.3 Å². The van der Waals surface area contributed by atoms with Gasteiger partial charge >= 0.3 is 0 Å². The van der Waals surface area contributed by atoms with Gasteiger partial charge in [-0.3, -0.25) is 9.69 Å². The summed E-state index contributed by atoms with van der Waals surface area (Å²) >= 11 is 0. The molecular formula is C32H39NO3. The maximum atomic E-state index is 12.7. The van der Waals surface area contributed by atoms with Crippen LogP contribution in [0, 0.1) is 5.41 Å². The largest absolute Gasteiger partial charge is 0.392 e. The number of aliphatic hydroxyl groups excluding tert-OH is 1. The van der Waals surface area contributed by atoms with E-state index >= 15 is 0 Å². The van der Waals surface area contributed by atoms with Gasteiger partial charge in [-0.1, -0.05) is 91.0 Å². The van der Waals surface area contributed by atoms with Crippen LogP contribution in [0.1, 0.15) is 49.3 Å². The fourth-order valence-corrected chi connectivity index (χ4v) is 5.63. The Kier molecular flexibility index (Phi) is 8.73. The average Bonchev–Trinajstić information content (AvgIpc) is 2.87. The van der Waals surface area contributed by atoms with Crippen LogP contribution in [0.15, 0.2) is 91.0 Å². The molecule has 0 bridgehead atoms. The highest BCUT2D eigenvalue weighted by atomic mass is 16.3. The molecule has 1 saturated carbocycles. The molecule has 3 aromatic rings. The first-order valence-corrected chi connectivity index (χ1v) is 13.1. The van der Waals surface area contributed by atoms with E-state index in [0.29, 0.717) is 58.2 Å². The molecule has 1 aliphatic carbocycles. The highest BCUT2D eigenvalue weighted by Crippen LogP contribution is 2.39. The number of Topliss-reactive ketones (excluding diaryl/α,β-unsaturated/α-hetero) is 1. The van der Waals surface area contributed by atoms with Crippen molar-refractivity contribution in [2.45, 2.75) is 63.7 Å². The molecule has 190 valence electrons. The SMILES string of the molecule is C[C@@](O)(CCN(Cc1ccccc1)CC1(Cc2ccccc2)CC(=O)CCC1O)Cc1ccccc1. The Morgan fingerprint density at radius 1 is 0.889 bits per heavy atom. The lowest BCUT2D eigenvalue weighted by atomic mass is 9.67. The Morgan fingerprint density at radius 2 is 1.44 bits per heavy atom. The van der Waals surface area contributed by atoms with E-state index < -0.39 is 17.1 Å². The Balaban J connectivity index is 1.56. The predicted molar refractivity (Wildman–Crippen MR) is 145 cm³/mol. The number of ketones is 1. The molecule has 0 spiro atoms. The van der Waals surface area contributed by atoms with Gasteiger partial charge in [-0.15, -0.1) is 0 Å². The average molecular weight is 486 g/mol. The topological polar surface area (TPSA) is 60.8 Å². The van der Waals surface area contributed by atoms with Crippen molar-refractivity contribution < 1.29 is 15.0 Å². The van der Waals surface area contributed by atoms with E-state index in [1.807, 2.05) is 61.5 Å². The lowest BCUT2D eigenvalue weighted by Crippen LogP contribution is -2.51. The number of hydrogen-bond donors (Lipinski definition) is 2. The molecule has 3 atom stereocenters. The number of aliphatic hydroxyl groups is 2. The minimum atomic E-state index is -0.857. The van der Waals surface area contributed by atoms with Crippen LogP contribution in [0.5, 0.6) is 0 Å². The van der Waals surface area contributed by atoms with Gasteiger partial charge in [0.1, 0.15) is 5.78 Å². The van der Waals surface area contributed by atoms with Crippen LogP contribution in [-0.4, -0.2) is 45.7 Å². The van der Waals surface area contributed by atoms with Crippen molar-refractivity contribution in [3.05, 3.63) is 108 Å². The Bertz CT molecular complexity index is 1080. The first-order chi connectivity index (χ1) is 17.3. The lowest BCUT2D eigenvalue weighted by Gasteiger charge is -2.44. The summed E-state index contributed by atoms with van der Waals surface area (Å²) in [6.45, 7) is 3.89. The summed E-state index contributed by atoms with van der Waals surface area (Å²) in [7, 11) is 0. The quantitative estimate of drug-likeness (QED) is 0.391. The van der Waals surface area contributed by atoms with Crippen molar-refractivity contribution in [2.75, 3.05) is 13.1 Å². The smallest absolute Gasteiger partial charge is 0.133 e. The maximum absolute atomic E-state index is 12.7. The van der Waals surface area contributed by atoms with Gasteiger partial charge in [0.2, 0.25) is 0 Å². The molecule has 0 aliphatic heterocycles. The molecule has 0 saturated heterocycles. The van der Waals surface area contributed by atoms with Crippen molar-refractivity contribution in [3.63, 3.8) is 0 Å². The van der Waals surface area contributed by atoms with Gasteiger partial charge in [0.25, 0.3) is 0 Å². The van der Waals surface area contributed by atoms with Crippen molar-refractivity contribution >= 4 is 5.78 Å². The third kappa shape index (κ3) is 7.36. The van der Waals surface area contributed by atoms with Crippen LogP contribution in [0.25, 0.3) is 0 Å². The van der Waals surface area contributed by atoms with E-state index in [1.165, 1.54) is 5.56 Å².